The van der Waals surface area contributed by atoms with Gasteiger partial charge in [0.2, 0.25) is 0 Å². The standard InChI is InChI=1S/C6H14N4O2/c7-4(10-6(8)9)2-1-3-5(11)12/h4H,1-3,7H2,(H,11,12)(H4,8,9,10)/t4-/m1/s1. The third-order valence-electron chi connectivity index (χ3n) is 1.21. The molecule has 0 saturated heterocycles. The molecule has 1 atom stereocenters. The van der Waals surface area contributed by atoms with Crippen molar-refractivity contribution in [3.05, 3.63) is 0 Å². The number of carboxylic acids is 1. The van der Waals surface area contributed by atoms with Gasteiger partial charge in [0.1, 0.15) is 6.17 Å². The lowest BCUT2D eigenvalue weighted by Gasteiger charge is -2.04. The second-order valence-corrected chi connectivity index (χ2v) is 2.41. The molecule has 70 valence electrons. The fraction of sp³-hybridized carbons (Fsp3) is 0.667. The summed E-state index contributed by atoms with van der Waals surface area (Å²) in [5.41, 5.74) is 15.5. The number of hydrogen-bond acceptors (Lipinski definition) is 3. The molecule has 6 nitrogen and oxygen atoms in total. The van der Waals surface area contributed by atoms with Crippen molar-refractivity contribution in [2.45, 2.75) is 25.4 Å². The summed E-state index contributed by atoms with van der Waals surface area (Å²) in [4.78, 5) is 13.7. The molecule has 0 rings (SSSR count). The highest BCUT2D eigenvalue weighted by Gasteiger charge is 2.02. The van der Waals surface area contributed by atoms with E-state index in [1.165, 1.54) is 0 Å². The van der Waals surface area contributed by atoms with E-state index in [1.54, 1.807) is 0 Å². The van der Waals surface area contributed by atoms with E-state index in [1.807, 2.05) is 0 Å². The maximum Gasteiger partial charge on any atom is 0.303 e. The van der Waals surface area contributed by atoms with Crippen LogP contribution in [0, 0.1) is 0 Å². The fourth-order valence-corrected chi connectivity index (χ4v) is 0.718. The van der Waals surface area contributed by atoms with E-state index in [4.69, 9.17) is 22.3 Å². The monoisotopic (exact) mass is 174 g/mol. The van der Waals surface area contributed by atoms with Crippen molar-refractivity contribution in [1.82, 2.24) is 0 Å². The Morgan fingerprint density at radius 1 is 1.50 bits per heavy atom. The number of carbonyl (C=O) groups is 1. The molecule has 0 heterocycles. The zero-order valence-electron chi connectivity index (χ0n) is 6.73. The Labute approximate surface area is 70.4 Å². The molecular formula is C6H14N4O2. The van der Waals surface area contributed by atoms with E-state index in [-0.39, 0.29) is 12.4 Å². The van der Waals surface area contributed by atoms with Crippen molar-refractivity contribution in [2.75, 3.05) is 0 Å². The van der Waals surface area contributed by atoms with Gasteiger partial charge in [0.05, 0.1) is 0 Å². The van der Waals surface area contributed by atoms with Crippen LogP contribution < -0.4 is 17.2 Å². The molecule has 0 amide bonds. The molecule has 12 heavy (non-hydrogen) atoms. The highest BCUT2D eigenvalue weighted by Crippen LogP contribution is 1.99. The van der Waals surface area contributed by atoms with Gasteiger partial charge in [-0.3, -0.25) is 4.79 Å². The summed E-state index contributed by atoms with van der Waals surface area (Å²) in [6, 6.07) is 0. The summed E-state index contributed by atoms with van der Waals surface area (Å²) >= 11 is 0. The minimum atomic E-state index is -0.841. The molecule has 0 fully saturated rings. The van der Waals surface area contributed by atoms with Crippen LogP contribution in [0.3, 0.4) is 0 Å². The van der Waals surface area contributed by atoms with Crippen LogP contribution in [0.4, 0.5) is 0 Å². The molecular weight excluding hydrogens is 160 g/mol. The number of rotatable bonds is 5. The third-order valence-corrected chi connectivity index (χ3v) is 1.21. The highest BCUT2D eigenvalue weighted by atomic mass is 16.4. The molecule has 0 saturated carbocycles. The van der Waals surface area contributed by atoms with E-state index in [2.05, 4.69) is 4.99 Å². The minimum absolute atomic E-state index is 0.0715. The first kappa shape index (κ1) is 10.7. The summed E-state index contributed by atoms with van der Waals surface area (Å²) in [5, 5.41) is 8.28. The lowest BCUT2D eigenvalue weighted by Crippen LogP contribution is -2.29. The van der Waals surface area contributed by atoms with Crippen molar-refractivity contribution in [1.29, 1.82) is 0 Å². The van der Waals surface area contributed by atoms with E-state index < -0.39 is 12.1 Å². The fourth-order valence-electron chi connectivity index (χ4n) is 0.718. The smallest absolute Gasteiger partial charge is 0.303 e. The summed E-state index contributed by atoms with van der Waals surface area (Å²) in [6.45, 7) is 0. The van der Waals surface area contributed by atoms with E-state index in [0.717, 1.165) is 0 Å². The van der Waals surface area contributed by atoms with Gasteiger partial charge in [0.25, 0.3) is 0 Å². The van der Waals surface area contributed by atoms with Crippen molar-refractivity contribution in [3.8, 4) is 0 Å². The average Bonchev–Trinajstić information content (AvgIpc) is 1.84. The van der Waals surface area contributed by atoms with Gasteiger partial charge >= 0.3 is 5.97 Å². The summed E-state index contributed by atoms with van der Waals surface area (Å²) < 4.78 is 0. The van der Waals surface area contributed by atoms with Gasteiger partial charge in [-0.25, -0.2) is 4.99 Å². The molecule has 0 aromatic carbocycles. The van der Waals surface area contributed by atoms with Gasteiger partial charge in [-0.15, -0.1) is 0 Å². The number of hydrogen-bond donors (Lipinski definition) is 4. The molecule has 6 heteroatoms. The lowest BCUT2D eigenvalue weighted by atomic mass is 10.2. The number of guanidine groups is 1. The first-order chi connectivity index (χ1) is 5.52. The molecule has 0 radical (unpaired) electrons. The van der Waals surface area contributed by atoms with Gasteiger partial charge < -0.3 is 22.3 Å². The Morgan fingerprint density at radius 2 is 2.08 bits per heavy atom. The Hall–Kier alpha value is -1.30. The van der Waals surface area contributed by atoms with Crippen molar-refractivity contribution < 1.29 is 9.90 Å². The second-order valence-electron chi connectivity index (χ2n) is 2.41. The maximum absolute atomic E-state index is 10.1. The Bertz CT molecular complexity index is 176. The van der Waals surface area contributed by atoms with E-state index in [0.29, 0.717) is 12.8 Å². The number of carboxylic acid groups (broad SMARTS) is 1. The SMILES string of the molecule is NC(N)=N[C@@H](N)CCCC(=O)O. The number of nitrogens with zero attached hydrogens (tertiary/aromatic N) is 1. The molecule has 0 spiro atoms. The van der Waals surface area contributed by atoms with Crippen molar-refractivity contribution in [3.63, 3.8) is 0 Å². The largest absolute Gasteiger partial charge is 0.481 e. The lowest BCUT2D eigenvalue weighted by molar-refractivity contribution is -0.137. The van der Waals surface area contributed by atoms with Crippen LogP contribution in [0.2, 0.25) is 0 Å². The molecule has 0 unspecified atom stereocenters. The minimum Gasteiger partial charge on any atom is -0.481 e. The van der Waals surface area contributed by atoms with Crippen LogP contribution in [0.15, 0.2) is 4.99 Å². The molecule has 0 aliphatic rings. The van der Waals surface area contributed by atoms with Crippen LogP contribution in [0.1, 0.15) is 19.3 Å². The van der Waals surface area contributed by atoms with Crippen LogP contribution in [-0.4, -0.2) is 23.2 Å². The predicted molar refractivity (Wildman–Crippen MR) is 45.3 cm³/mol. The zero-order chi connectivity index (χ0) is 9.56. The Balaban J connectivity index is 3.51. The zero-order valence-corrected chi connectivity index (χ0v) is 6.73. The normalized spacial score (nSPS) is 12.1. The van der Waals surface area contributed by atoms with Crippen molar-refractivity contribution in [2.24, 2.45) is 22.2 Å². The van der Waals surface area contributed by atoms with Gasteiger partial charge in [0.15, 0.2) is 5.96 Å². The number of aliphatic imine (C=N–C) groups is 1. The summed E-state index contributed by atoms with van der Waals surface area (Å²) in [6.07, 6.45) is 0.555. The molecule has 0 aromatic heterocycles. The quantitative estimate of drug-likeness (QED) is 0.307. The van der Waals surface area contributed by atoms with Crippen LogP contribution >= 0.6 is 0 Å². The molecule has 7 N–H and O–H groups in total. The molecule has 0 aromatic rings. The molecule has 0 bridgehead atoms. The number of aliphatic carboxylic acids is 1. The molecule has 0 aliphatic heterocycles. The first-order valence-electron chi connectivity index (χ1n) is 3.58. The van der Waals surface area contributed by atoms with Crippen LogP contribution in [0.5, 0.6) is 0 Å². The summed E-state index contributed by atoms with van der Waals surface area (Å²) in [7, 11) is 0. The maximum atomic E-state index is 10.1. The van der Waals surface area contributed by atoms with Crippen LogP contribution in [0.25, 0.3) is 0 Å². The second kappa shape index (κ2) is 5.36. The van der Waals surface area contributed by atoms with E-state index >= 15 is 0 Å². The van der Waals surface area contributed by atoms with Gasteiger partial charge in [0, 0.05) is 6.42 Å². The van der Waals surface area contributed by atoms with Gasteiger partial charge in [-0.05, 0) is 12.8 Å². The predicted octanol–water partition coefficient (Wildman–Crippen LogP) is -1.20. The first-order valence-corrected chi connectivity index (χ1v) is 3.58. The van der Waals surface area contributed by atoms with Crippen LogP contribution in [-0.2, 0) is 4.79 Å². The Kier molecular flexibility index (Phi) is 4.78. The van der Waals surface area contributed by atoms with Gasteiger partial charge in [-0.2, -0.15) is 0 Å². The van der Waals surface area contributed by atoms with Gasteiger partial charge in [-0.1, -0.05) is 0 Å². The number of nitrogens with two attached hydrogens (primary N) is 3. The Morgan fingerprint density at radius 3 is 2.50 bits per heavy atom. The average molecular weight is 174 g/mol. The summed E-state index contributed by atoms with van der Waals surface area (Å²) in [5.74, 6) is -0.912. The third kappa shape index (κ3) is 6.81. The molecule has 0 aliphatic carbocycles. The topological polar surface area (TPSA) is 128 Å². The van der Waals surface area contributed by atoms with E-state index in [9.17, 15) is 4.79 Å². The van der Waals surface area contributed by atoms with Crippen molar-refractivity contribution >= 4 is 11.9 Å². The highest BCUT2D eigenvalue weighted by molar-refractivity contribution is 5.75.